The number of halogens is 1. The van der Waals surface area contributed by atoms with Crippen LogP contribution >= 0.6 is 11.6 Å². The van der Waals surface area contributed by atoms with Crippen LogP contribution in [0.2, 0.25) is 5.02 Å². The number of nitrogens with one attached hydrogen (secondary N) is 1. The smallest absolute Gasteiger partial charge is 0.236 e. The van der Waals surface area contributed by atoms with Crippen molar-refractivity contribution in [1.82, 2.24) is 0 Å². The van der Waals surface area contributed by atoms with E-state index in [-0.39, 0.29) is 5.75 Å². The van der Waals surface area contributed by atoms with Gasteiger partial charge in [-0.2, -0.15) is 5.26 Å². The molecule has 1 N–H and O–H groups in total. The maximum Gasteiger partial charge on any atom is 0.236 e. The first-order valence-corrected chi connectivity index (χ1v) is 7.77. The lowest BCUT2D eigenvalue weighted by Crippen LogP contribution is -2.15. The Morgan fingerprint density at radius 1 is 1.10 bits per heavy atom. The number of nitriles is 1. The van der Waals surface area contributed by atoms with Gasteiger partial charge in [0, 0.05) is 0 Å². The lowest BCUT2D eigenvalue weighted by molar-refractivity contribution is 0.600. The van der Waals surface area contributed by atoms with Crippen LogP contribution in [0.25, 0.3) is 0 Å². The van der Waals surface area contributed by atoms with E-state index in [1.54, 1.807) is 48.5 Å². The minimum Gasteiger partial charge on any atom is -0.282 e. The molecule has 2 rings (SSSR count). The maximum absolute atomic E-state index is 12.0. The molecular weight excluding hydrogens is 296 g/mol. The highest BCUT2D eigenvalue weighted by atomic mass is 35.5. The zero-order valence-electron chi connectivity index (χ0n) is 10.4. The maximum atomic E-state index is 12.0. The Hall–Kier alpha value is -2.03. The fraction of sp³-hybridized carbons (Fsp3) is 0.0714. The summed E-state index contributed by atoms with van der Waals surface area (Å²) in [5.74, 6) is -0.177. The molecule has 0 radical (unpaired) electrons. The lowest BCUT2D eigenvalue weighted by atomic mass is 10.2. The summed E-state index contributed by atoms with van der Waals surface area (Å²) in [5, 5.41) is 9.03. The second-order valence-corrected chi connectivity index (χ2v) is 6.28. The molecule has 0 heterocycles. The fourth-order valence-corrected chi connectivity index (χ4v) is 3.10. The van der Waals surface area contributed by atoms with E-state index in [1.807, 2.05) is 6.07 Å². The van der Waals surface area contributed by atoms with Crippen molar-refractivity contribution in [2.24, 2.45) is 0 Å². The van der Waals surface area contributed by atoms with E-state index in [9.17, 15) is 8.42 Å². The number of anilines is 1. The molecule has 0 aromatic heterocycles. The third kappa shape index (κ3) is 3.73. The Morgan fingerprint density at radius 2 is 1.75 bits per heavy atom. The molecule has 0 aliphatic carbocycles. The fourth-order valence-electron chi connectivity index (χ4n) is 1.64. The Kier molecular flexibility index (Phi) is 4.28. The summed E-state index contributed by atoms with van der Waals surface area (Å²) in [5.41, 5.74) is 1.44. The third-order valence-electron chi connectivity index (χ3n) is 2.58. The molecule has 0 atom stereocenters. The molecule has 0 saturated carbocycles. The van der Waals surface area contributed by atoms with Crippen molar-refractivity contribution in [2.75, 3.05) is 4.72 Å². The zero-order chi connectivity index (χ0) is 14.6. The van der Waals surface area contributed by atoms with E-state index in [4.69, 9.17) is 16.9 Å². The van der Waals surface area contributed by atoms with Crippen LogP contribution in [0.15, 0.2) is 48.5 Å². The summed E-state index contributed by atoms with van der Waals surface area (Å²) in [7, 11) is -3.55. The molecule has 0 saturated heterocycles. The van der Waals surface area contributed by atoms with Gasteiger partial charge in [-0.1, -0.05) is 35.9 Å². The molecular formula is C14H11ClN2O2S. The summed E-state index contributed by atoms with van der Waals surface area (Å²) in [6, 6.07) is 15.0. The van der Waals surface area contributed by atoms with E-state index in [1.165, 1.54) is 0 Å². The Morgan fingerprint density at radius 3 is 2.35 bits per heavy atom. The summed E-state index contributed by atoms with van der Waals surface area (Å²) in [6.07, 6.45) is 0. The number of hydrogen-bond acceptors (Lipinski definition) is 3. The quantitative estimate of drug-likeness (QED) is 0.943. The van der Waals surface area contributed by atoms with Crippen LogP contribution in [0.3, 0.4) is 0 Å². The van der Waals surface area contributed by atoms with Crippen LogP contribution in [0, 0.1) is 11.3 Å². The molecule has 2 aromatic rings. The van der Waals surface area contributed by atoms with Gasteiger partial charge in [-0.25, -0.2) is 8.42 Å². The van der Waals surface area contributed by atoms with E-state index >= 15 is 0 Å². The molecule has 20 heavy (non-hydrogen) atoms. The van der Waals surface area contributed by atoms with Gasteiger partial charge in [0.05, 0.1) is 28.1 Å². The lowest BCUT2D eigenvalue weighted by Gasteiger charge is -2.09. The van der Waals surface area contributed by atoms with Crippen molar-refractivity contribution in [3.63, 3.8) is 0 Å². The molecule has 0 fully saturated rings. The average molecular weight is 307 g/mol. The van der Waals surface area contributed by atoms with E-state index < -0.39 is 10.0 Å². The van der Waals surface area contributed by atoms with Gasteiger partial charge in [-0.15, -0.1) is 0 Å². The van der Waals surface area contributed by atoms with Gasteiger partial charge < -0.3 is 0 Å². The minimum absolute atomic E-state index is 0.177. The van der Waals surface area contributed by atoms with E-state index in [2.05, 4.69) is 4.72 Å². The van der Waals surface area contributed by atoms with Crippen molar-refractivity contribution in [1.29, 1.82) is 5.26 Å². The minimum atomic E-state index is -3.55. The normalized spacial score (nSPS) is 10.8. The Bertz CT molecular complexity index is 749. The molecule has 0 spiro atoms. The number of hydrogen-bond donors (Lipinski definition) is 1. The molecule has 0 amide bonds. The Labute approximate surface area is 122 Å². The predicted molar refractivity (Wildman–Crippen MR) is 78.9 cm³/mol. The van der Waals surface area contributed by atoms with Gasteiger partial charge in [0.25, 0.3) is 0 Å². The first-order valence-electron chi connectivity index (χ1n) is 5.74. The average Bonchev–Trinajstić information content (AvgIpc) is 2.41. The van der Waals surface area contributed by atoms with Crippen molar-refractivity contribution < 1.29 is 8.42 Å². The number of para-hydroxylation sites is 1. The highest BCUT2D eigenvalue weighted by Crippen LogP contribution is 2.22. The molecule has 102 valence electrons. The van der Waals surface area contributed by atoms with Crippen LogP contribution in [0.5, 0.6) is 0 Å². The second-order valence-electron chi connectivity index (χ2n) is 4.15. The molecule has 4 nitrogen and oxygen atoms in total. The molecule has 0 aliphatic rings. The largest absolute Gasteiger partial charge is 0.282 e. The van der Waals surface area contributed by atoms with Crippen LogP contribution < -0.4 is 4.72 Å². The van der Waals surface area contributed by atoms with Crippen molar-refractivity contribution in [2.45, 2.75) is 5.75 Å². The number of sulfonamides is 1. The van der Waals surface area contributed by atoms with Gasteiger partial charge in [-0.3, -0.25) is 4.72 Å². The van der Waals surface area contributed by atoms with Gasteiger partial charge in [0.1, 0.15) is 0 Å². The molecule has 0 bridgehead atoms. The summed E-state index contributed by atoms with van der Waals surface area (Å²) in [6.45, 7) is 0. The second kappa shape index (κ2) is 5.95. The molecule has 0 unspecified atom stereocenters. The van der Waals surface area contributed by atoms with Gasteiger partial charge in [0.2, 0.25) is 10.0 Å². The standard InChI is InChI=1S/C14H11ClN2O2S/c15-13-3-1-2-4-14(13)17-20(18,19)10-12-7-5-11(9-16)6-8-12/h1-8,17H,10H2. The number of nitrogens with zero attached hydrogens (tertiary/aromatic N) is 1. The van der Waals surface area contributed by atoms with Gasteiger partial charge >= 0.3 is 0 Å². The monoisotopic (exact) mass is 306 g/mol. The SMILES string of the molecule is N#Cc1ccc(CS(=O)(=O)Nc2ccccc2Cl)cc1. The molecule has 2 aromatic carbocycles. The van der Waals surface area contributed by atoms with Crippen LogP contribution in [0.4, 0.5) is 5.69 Å². The third-order valence-corrected chi connectivity index (χ3v) is 4.15. The van der Waals surface area contributed by atoms with Crippen LogP contribution in [-0.4, -0.2) is 8.42 Å². The topological polar surface area (TPSA) is 70.0 Å². The predicted octanol–water partition coefficient (Wildman–Crippen LogP) is 3.15. The molecule has 6 heteroatoms. The number of benzene rings is 2. The van der Waals surface area contributed by atoms with Crippen LogP contribution in [0.1, 0.15) is 11.1 Å². The first-order chi connectivity index (χ1) is 9.50. The van der Waals surface area contributed by atoms with E-state index in [0.717, 1.165) is 0 Å². The summed E-state index contributed by atoms with van der Waals surface area (Å²) >= 11 is 5.91. The summed E-state index contributed by atoms with van der Waals surface area (Å²) < 4.78 is 26.5. The van der Waals surface area contributed by atoms with Gasteiger partial charge in [0.15, 0.2) is 0 Å². The Balaban J connectivity index is 2.15. The van der Waals surface area contributed by atoms with Crippen molar-refractivity contribution >= 4 is 27.3 Å². The highest BCUT2D eigenvalue weighted by molar-refractivity contribution is 7.91. The van der Waals surface area contributed by atoms with Crippen LogP contribution in [-0.2, 0) is 15.8 Å². The number of rotatable bonds is 4. The summed E-state index contributed by atoms with van der Waals surface area (Å²) in [4.78, 5) is 0. The van der Waals surface area contributed by atoms with Crippen molar-refractivity contribution in [3.05, 3.63) is 64.7 Å². The molecule has 0 aliphatic heterocycles. The van der Waals surface area contributed by atoms with E-state index in [0.29, 0.717) is 21.8 Å². The zero-order valence-corrected chi connectivity index (χ0v) is 11.9. The van der Waals surface area contributed by atoms with Crippen molar-refractivity contribution in [3.8, 4) is 6.07 Å². The highest BCUT2D eigenvalue weighted by Gasteiger charge is 2.13. The van der Waals surface area contributed by atoms with Gasteiger partial charge in [-0.05, 0) is 29.8 Å². The first kappa shape index (κ1) is 14.4.